The summed E-state index contributed by atoms with van der Waals surface area (Å²) in [5.41, 5.74) is 1.57. The summed E-state index contributed by atoms with van der Waals surface area (Å²) in [4.78, 5) is 30.7. The number of carbonyl (C=O) groups is 2. The highest BCUT2D eigenvalue weighted by atomic mass is 35.5. The third kappa shape index (κ3) is 4.90. The van der Waals surface area contributed by atoms with Crippen LogP contribution in [0.25, 0.3) is 0 Å². The molecule has 0 aliphatic carbocycles. The highest BCUT2D eigenvalue weighted by molar-refractivity contribution is 6.36. The maximum Gasteiger partial charge on any atom is 0.318 e. The van der Waals surface area contributed by atoms with Gasteiger partial charge in [-0.3, -0.25) is 9.78 Å². The van der Waals surface area contributed by atoms with Crippen molar-refractivity contribution in [3.63, 3.8) is 0 Å². The van der Waals surface area contributed by atoms with Crippen molar-refractivity contribution in [3.8, 4) is 0 Å². The maximum atomic E-state index is 12.6. The van der Waals surface area contributed by atoms with E-state index in [1.54, 1.807) is 35.5 Å². The quantitative estimate of drug-likeness (QED) is 0.798. The van der Waals surface area contributed by atoms with Crippen molar-refractivity contribution in [1.29, 1.82) is 0 Å². The fraction of sp³-hybridized carbons (Fsp3) is 0.316. The van der Waals surface area contributed by atoms with E-state index in [0.717, 1.165) is 12.0 Å². The van der Waals surface area contributed by atoms with Gasteiger partial charge in [0.1, 0.15) is 6.04 Å². The van der Waals surface area contributed by atoms with Gasteiger partial charge in [-0.25, -0.2) is 4.79 Å². The lowest BCUT2D eigenvalue weighted by molar-refractivity contribution is -0.124. The van der Waals surface area contributed by atoms with Crippen LogP contribution in [0.4, 0.5) is 4.79 Å². The van der Waals surface area contributed by atoms with Crippen molar-refractivity contribution < 1.29 is 9.59 Å². The highest BCUT2D eigenvalue weighted by Gasteiger charge is 2.33. The lowest BCUT2D eigenvalue weighted by Crippen LogP contribution is -2.49. The molecule has 8 heteroatoms. The molecule has 27 heavy (non-hydrogen) atoms. The standard InChI is InChI=1S/C19H20Cl2N4O2/c20-15-5-1-6-16(21)14(15)12-24-19(27)25-9-3-7-17(25)18(26)23-11-13-4-2-8-22-10-13/h1-2,4-6,8,10,17H,3,7,9,11-12H2,(H,23,26)(H,24,27)/t17-/m1/s1. The third-order valence-electron chi connectivity index (χ3n) is 4.48. The zero-order valence-corrected chi connectivity index (χ0v) is 16.1. The smallest absolute Gasteiger partial charge is 0.318 e. The first-order chi connectivity index (χ1) is 13.1. The molecule has 1 fully saturated rings. The SMILES string of the molecule is O=C(NCc1cccnc1)[C@H]1CCCN1C(=O)NCc1c(Cl)cccc1Cl. The summed E-state index contributed by atoms with van der Waals surface area (Å²) in [5, 5.41) is 6.67. The van der Waals surface area contributed by atoms with E-state index in [4.69, 9.17) is 23.2 Å². The Bertz CT molecular complexity index is 796. The number of likely N-dealkylation sites (tertiary alicyclic amines) is 1. The Morgan fingerprint density at radius 3 is 2.59 bits per heavy atom. The van der Waals surface area contributed by atoms with Gasteiger partial charge in [-0.1, -0.05) is 35.3 Å². The average molecular weight is 407 g/mol. The number of halogens is 2. The van der Waals surface area contributed by atoms with Crippen LogP contribution in [-0.2, 0) is 17.9 Å². The van der Waals surface area contributed by atoms with Gasteiger partial charge in [0.2, 0.25) is 5.91 Å². The summed E-state index contributed by atoms with van der Waals surface area (Å²) < 4.78 is 0. The van der Waals surface area contributed by atoms with Crippen LogP contribution in [0.1, 0.15) is 24.0 Å². The molecule has 2 N–H and O–H groups in total. The Morgan fingerprint density at radius 1 is 1.11 bits per heavy atom. The summed E-state index contributed by atoms with van der Waals surface area (Å²) in [5.74, 6) is -0.165. The largest absolute Gasteiger partial charge is 0.350 e. The molecule has 0 unspecified atom stereocenters. The molecule has 3 rings (SSSR count). The van der Waals surface area contributed by atoms with Crippen LogP contribution >= 0.6 is 23.2 Å². The molecule has 1 aliphatic rings. The van der Waals surface area contributed by atoms with Gasteiger partial charge in [0, 0.05) is 47.6 Å². The second kappa shape index (κ2) is 9.06. The maximum absolute atomic E-state index is 12.6. The van der Waals surface area contributed by atoms with Crippen LogP contribution < -0.4 is 10.6 Å². The van der Waals surface area contributed by atoms with Crippen LogP contribution in [0, 0.1) is 0 Å². The molecule has 1 aromatic heterocycles. The minimum absolute atomic E-state index is 0.165. The average Bonchev–Trinajstić information content (AvgIpc) is 3.16. The minimum atomic E-state index is -0.483. The summed E-state index contributed by atoms with van der Waals surface area (Å²) >= 11 is 12.3. The molecular formula is C19H20Cl2N4O2. The molecule has 2 aromatic rings. The Balaban J connectivity index is 1.56. The molecule has 2 heterocycles. The molecule has 0 radical (unpaired) electrons. The molecule has 1 saturated heterocycles. The van der Waals surface area contributed by atoms with Gasteiger partial charge in [-0.2, -0.15) is 0 Å². The number of carbonyl (C=O) groups excluding carboxylic acids is 2. The molecule has 6 nitrogen and oxygen atoms in total. The van der Waals surface area contributed by atoms with Gasteiger partial charge < -0.3 is 15.5 Å². The van der Waals surface area contributed by atoms with Crippen molar-refractivity contribution >= 4 is 35.1 Å². The van der Waals surface area contributed by atoms with Crippen molar-refractivity contribution in [2.45, 2.75) is 32.0 Å². The van der Waals surface area contributed by atoms with Crippen LogP contribution in [0.2, 0.25) is 10.0 Å². The zero-order chi connectivity index (χ0) is 19.2. The van der Waals surface area contributed by atoms with Gasteiger partial charge in [0.05, 0.1) is 0 Å². The number of hydrogen-bond acceptors (Lipinski definition) is 3. The van der Waals surface area contributed by atoms with Crippen LogP contribution in [-0.4, -0.2) is 34.4 Å². The Hall–Kier alpha value is -2.31. The van der Waals surface area contributed by atoms with Gasteiger partial charge in [0.15, 0.2) is 0 Å². The Morgan fingerprint density at radius 2 is 1.89 bits per heavy atom. The van der Waals surface area contributed by atoms with Gasteiger partial charge >= 0.3 is 6.03 Å². The van der Waals surface area contributed by atoms with Crippen molar-refractivity contribution in [3.05, 3.63) is 63.9 Å². The zero-order valence-electron chi connectivity index (χ0n) is 14.6. The van der Waals surface area contributed by atoms with Crippen molar-refractivity contribution in [2.75, 3.05) is 6.54 Å². The molecular weight excluding hydrogens is 387 g/mol. The van der Waals surface area contributed by atoms with E-state index in [0.29, 0.717) is 35.1 Å². The second-order valence-electron chi connectivity index (χ2n) is 6.29. The summed E-state index contributed by atoms with van der Waals surface area (Å²) in [6.07, 6.45) is 4.80. The number of hydrogen-bond donors (Lipinski definition) is 2. The van der Waals surface area contributed by atoms with Gasteiger partial charge in [-0.05, 0) is 36.6 Å². The molecule has 3 amide bonds. The van der Waals surface area contributed by atoms with E-state index < -0.39 is 6.04 Å². The molecule has 0 bridgehead atoms. The monoisotopic (exact) mass is 406 g/mol. The molecule has 142 valence electrons. The normalized spacial score (nSPS) is 16.2. The number of nitrogens with one attached hydrogen (secondary N) is 2. The van der Waals surface area contributed by atoms with E-state index in [1.165, 1.54) is 0 Å². The lowest BCUT2D eigenvalue weighted by atomic mass is 10.2. The number of nitrogens with zero attached hydrogens (tertiary/aromatic N) is 2. The summed E-state index contributed by atoms with van der Waals surface area (Å²) in [6.45, 7) is 1.12. The number of urea groups is 1. The molecule has 1 aliphatic heterocycles. The number of benzene rings is 1. The van der Waals surface area contributed by atoms with Crippen molar-refractivity contribution in [2.24, 2.45) is 0 Å². The Kier molecular flexibility index (Phi) is 6.53. The Labute approximate surface area is 167 Å². The molecule has 1 aromatic carbocycles. The predicted octanol–water partition coefficient (Wildman–Crippen LogP) is 3.38. The number of pyridine rings is 1. The first-order valence-corrected chi connectivity index (χ1v) is 9.46. The van der Waals surface area contributed by atoms with Gasteiger partial charge in [0.25, 0.3) is 0 Å². The molecule has 1 atom stereocenters. The number of aromatic nitrogens is 1. The molecule has 0 saturated carbocycles. The fourth-order valence-electron chi connectivity index (χ4n) is 3.06. The van der Waals surface area contributed by atoms with Crippen LogP contribution in [0.3, 0.4) is 0 Å². The highest BCUT2D eigenvalue weighted by Crippen LogP contribution is 2.24. The third-order valence-corrected chi connectivity index (χ3v) is 5.19. The summed E-state index contributed by atoms with van der Waals surface area (Å²) in [6, 6.07) is 8.11. The lowest BCUT2D eigenvalue weighted by Gasteiger charge is -2.24. The van der Waals surface area contributed by atoms with E-state index in [9.17, 15) is 9.59 Å². The van der Waals surface area contributed by atoms with E-state index >= 15 is 0 Å². The molecule has 0 spiro atoms. The number of amides is 3. The first-order valence-electron chi connectivity index (χ1n) is 8.70. The topological polar surface area (TPSA) is 74.3 Å². The van der Waals surface area contributed by atoms with Crippen molar-refractivity contribution in [1.82, 2.24) is 20.5 Å². The van der Waals surface area contributed by atoms with Crippen LogP contribution in [0.5, 0.6) is 0 Å². The van der Waals surface area contributed by atoms with Gasteiger partial charge in [-0.15, -0.1) is 0 Å². The van der Waals surface area contributed by atoms with E-state index in [2.05, 4.69) is 15.6 Å². The summed E-state index contributed by atoms with van der Waals surface area (Å²) in [7, 11) is 0. The fourth-order valence-corrected chi connectivity index (χ4v) is 3.59. The number of rotatable bonds is 5. The van der Waals surface area contributed by atoms with E-state index in [-0.39, 0.29) is 18.5 Å². The predicted molar refractivity (Wildman–Crippen MR) is 105 cm³/mol. The first kappa shape index (κ1) is 19.5. The second-order valence-corrected chi connectivity index (χ2v) is 7.10. The van der Waals surface area contributed by atoms with Crippen LogP contribution in [0.15, 0.2) is 42.7 Å². The minimum Gasteiger partial charge on any atom is -0.350 e. The van der Waals surface area contributed by atoms with E-state index in [1.807, 2.05) is 12.1 Å².